The number of aliphatic hydroxyl groups is 1. The molecular weight excluding hydrogens is 187 g/mol. The smallest absolute Gasteiger partial charge is 0.136 e. The number of ether oxygens (including phenoxy) is 1. The van der Waals surface area contributed by atoms with Crippen molar-refractivity contribution in [1.29, 1.82) is 0 Å². The molecule has 1 N–H and O–H groups in total. The van der Waals surface area contributed by atoms with Crippen molar-refractivity contribution in [2.75, 3.05) is 13.2 Å². The number of alkyl halides is 2. The van der Waals surface area contributed by atoms with Gasteiger partial charge >= 0.3 is 0 Å². The average Bonchev–Trinajstić information content (AvgIpc) is 1.88. The minimum absolute atomic E-state index is 0.0342. The van der Waals surface area contributed by atoms with E-state index in [2.05, 4.69) is 0 Å². The van der Waals surface area contributed by atoms with Crippen LogP contribution in [0.25, 0.3) is 0 Å². The zero-order chi connectivity index (χ0) is 8.91. The molecule has 1 unspecified atom stereocenters. The van der Waals surface area contributed by atoms with Crippen molar-refractivity contribution in [3.63, 3.8) is 0 Å². The molecule has 0 amide bonds. The molecule has 4 heteroatoms. The van der Waals surface area contributed by atoms with E-state index in [1.54, 1.807) is 6.92 Å². The zero-order valence-electron chi connectivity index (χ0n) is 6.81. The van der Waals surface area contributed by atoms with Crippen LogP contribution in [0.3, 0.4) is 0 Å². The van der Waals surface area contributed by atoms with Crippen molar-refractivity contribution >= 4 is 23.2 Å². The Balaban J connectivity index is 4.01. The molecule has 11 heavy (non-hydrogen) atoms. The molecule has 0 aliphatic carbocycles. The summed E-state index contributed by atoms with van der Waals surface area (Å²) in [6, 6.07) is 0. The van der Waals surface area contributed by atoms with Gasteiger partial charge in [-0.05, 0) is 13.8 Å². The van der Waals surface area contributed by atoms with E-state index >= 15 is 0 Å². The van der Waals surface area contributed by atoms with Crippen molar-refractivity contribution in [3.05, 3.63) is 0 Å². The van der Waals surface area contributed by atoms with Gasteiger partial charge in [-0.1, -0.05) is 0 Å². The van der Waals surface area contributed by atoms with Crippen LogP contribution in [0.5, 0.6) is 0 Å². The summed E-state index contributed by atoms with van der Waals surface area (Å²) < 4.78 is 5.31. The maximum atomic E-state index is 8.68. The molecule has 0 fully saturated rings. The lowest BCUT2D eigenvalue weighted by atomic mass is 10.1. The Labute approximate surface area is 77.4 Å². The lowest BCUT2D eigenvalue weighted by molar-refractivity contribution is -0.0301. The van der Waals surface area contributed by atoms with Crippen LogP contribution in [0.2, 0.25) is 0 Å². The maximum absolute atomic E-state index is 8.68. The predicted octanol–water partition coefficient (Wildman–Crippen LogP) is 1.97. The van der Waals surface area contributed by atoms with E-state index in [-0.39, 0.29) is 6.61 Å². The van der Waals surface area contributed by atoms with Crippen LogP contribution in [0, 0.1) is 0 Å². The first-order chi connectivity index (χ1) is 5.06. The summed E-state index contributed by atoms with van der Waals surface area (Å²) in [4.78, 5) is -0.602. The topological polar surface area (TPSA) is 29.5 Å². The highest BCUT2D eigenvalue weighted by Gasteiger charge is 2.31. The SMILES string of the molecule is CCOC(C)(CCO)C(Cl)Cl. The molecule has 68 valence electrons. The Bertz CT molecular complexity index is 101. The van der Waals surface area contributed by atoms with Gasteiger partial charge in [-0.25, -0.2) is 0 Å². The molecule has 0 heterocycles. The first-order valence-corrected chi connectivity index (χ1v) is 4.47. The predicted molar refractivity (Wildman–Crippen MR) is 47.2 cm³/mol. The molecular formula is C7H14Cl2O2. The van der Waals surface area contributed by atoms with Gasteiger partial charge < -0.3 is 9.84 Å². The number of hydrogen-bond donors (Lipinski definition) is 1. The highest BCUT2D eigenvalue weighted by Crippen LogP contribution is 2.27. The van der Waals surface area contributed by atoms with Gasteiger partial charge in [0.15, 0.2) is 0 Å². The molecule has 2 nitrogen and oxygen atoms in total. The van der Waals surface area contributed by atoms with Crippen LogP contribution < -0.4 is 0 Å². The summed E-state index contributed by atoms with van der Waals surface area (Å²) in [5.74, 6) is 0. The van der Waals surface area contributed by atoms with Crippen molar-refractivity contribution in [3.8, 4) is 0 Å². The minimum Gasteiger partial charge on any atom is -0.396 e. The van der Waals surface area contributed by atoms with Crippen LogP contribution in [-0.2, 0) is 4.74 Å². The van der Waals surface area contributed by atoms with Crippen LogP contribution in [-0.4, -0.2) is 28.8 Å². The van der Waals surface area contributed by atoms with Crippen LogP contribution in [0.4, 0.5) is 0 Å². The molecule has 0 bridgehead atoms. The third-order valence-electron chi connectivity index (χ3n) is 1.54. The fourth-order valence-corrected chi connectivity index (χ4v) is 1.14. The van der Waals surface area contributed by atoms with E-state index in [1.807, 2.05) is 6.92 Å². The Kier molecular flexibility index (Phi) is 5.44. The van der Waals surface area contributed by atoms with Crippen LogP contribution >= 0.6 is 23.2 Å². The Morgan fingerprint density at radius 3 is 2.36 bits per heavy atom. The molecule has 0 spiro atoms. The Morgan fingerprint density at radius 2 is 2.09 bits per heavy atom. The van der Waals surface area contributed by atoms with Gasteiger partial charge in [-0.3, -0.25) is 0 Å². The van der Waals surface area contributed by atoms with Crippen molar-refractivity contribution < 1.29 is 9.84 Å². The molecule has 0 aromatic carbocycles. The molecule has 0 aliphatic rings. The second-order valence-electron chi connectivity index (χ2n) is 2.52. The van der Waals surface area contributed by atoms with Gasteiger partial charge in [-0.2, -0.15) is 0 Å². The number of halogens is 2. The van der Waals surface area contributed by atoms with Crippen molar-refractivity contribution in [1.82, 2.24) is 0 Å². The van der Waals surface area contributed by atoms with Gasteiger partial charge in [0, 0.05) is 19.6 Å². The lowest BCUT2D eigenvalue weighted by Crippen LogP contribution is -2.37. The molecule has 0 radical (unpaired) electrons. The summed E-state index contributed by atoms with van der Waals surface area (Å²) in [6.07, 6.45) is 0.457. The van der Waals surface area contributed by atoms with Gasteiger partial charge in [0.1, 0.15) is 4.84 Å². The normalized spacial score (nSPS) is 16.9. The maximum Gasteiger partial charge on any atom is 0.136 e. The third-order valence-corrected chi connectivity index (χ3v) is 2.47. The lowest BCUT2D eigenvalue weighted by Gasteiger charge is -2.29. The van der Waals surface area contributed by atoms with Crippen LogP contribution in [0.1, 0.15) is 20.3 Å². The fraction of sp³-hybridized carbons (Fsp3) is 1.00. The number of hydrogen-bond acceptors (Lipinski definition) is 2. The average molecular weight is 201 g/mol. The molecule has 0 aromatic rings. The first kappa shape index (κ1) is 11.5. The molecule has 0 rings (SSSR count). The second kappa shape index (κ2) is 5.20. The molecule has 0 saturated carbocycles. The molecule has 0 saturated heterocycles. The monoisotopic (exact) mass is 200 g/mol. The third kappa shape index (κ3) is 3.61. The summed E-state index contributed by atoms with van der Waals surface area (Å²) in [6.45, 7) is 4.24. The Hall–Kier alpha value is 0.500. The molecule has 0 aliphatic heterocycles. The van der Waals surface area contributed by atoms with Crippen molar-refractivity contribution in [2.45, 2.75) is 30.7 Å². The number of aliphatic hydroxyl groups excluding tert-OH is 1. The highest BCUT2D eigenvalue weighted by molar-refractivity contribution is 6.45. The second-order valence-corrected chi connectivity index (χ2v) is 3.62. The zero-order valence-corrected chi connectivity index (χ0v) is 8.32. The van der Waals surface area contributed by atoms with E-state index < -0.39 is 10.4 Å². The van der Waals surface area contributed by atoms with Gasteiger partial charge in [0.25, 0.3) is 0 Å². The Morgan fingerprint density at radius 1 is 1.55 bits per heavy atom. The van der Waals surface area contributed by atoms with E-state index in [0.29, 0.717) is 13.0 Å². The van der Waals surface area contributed by atoms with E-state index in [0.717, 1.165) is 0 Å². The summed E-state index contributed by atoms with van der Waals surface area (Å²) in [7, 11) is 0. The largest absolute Gasteiger partial charge is 0.396 e. The quantitative estimate of drug-likeness (QED) is 0.689. The van der Waals surface area contributed by atoms with Crippen molar-refractivity contribution in [2.24, 2.45) is 0 Å². The van der Waals surface area contributed by atoms with Gasteiger partial charge in [0.2, 0.25) is 0 Å². The standard InChI is InChI=1S/C7H14Cl2O2/c1-3-11-7(2,4-5-10)6(8)9/h6,10H,3-5H2,1-2H3. The molecule has 1 atom stereocenters. The summed E-state index contributed by atoms with van der Waals surface area (Å²) >= 11 is 11.3. The molecule has 0 aromatic heterocycles. The van der Waals surface area contributed by atoms with E-state index in [9.17, 15) is 0 Å². The highest BCUT2D eigenvalue weighted by atomic mass is 35.5. The van der Waals surface area contributed by atoms with E-state index in [1.165, 1.54) is 0 Å². The first-order valence-electron chi connectivity index (χ1n) is 3.59. The summed E-state index contributed by atoms with van der Waals surface area (Å²) in [5, 5.41) is 8.68. The van der Waals surface area contributed by atoms with E-state index in [4.69, 9.17) is 33.0 Å². The number of rotatable bonds is 5. The fourth-order valence-electron chi connectivity index (χ4n) is 0.796. The van der Waals surface area contributed by atoms with Gasteiger partial charge in [0.05, 0.1) is 5.60 Å². The summed E-state index contributed by atoms with van der Waals surface area (Å²) in [5.41, 5.74) is -0.618. The minimum atomic E-state index is -0.618. The van der Waals surface area contributed by atoms with Gasteiger partial charge in [-0.15, -0.1) is 23.2 Å². The van der Waals surface area contributed by atoms with Crippen LogP contribution in [0.15, 0.2) is 0 Å².